The van der Waals surface area contributed by atoms with Crippen molar-refractivity contribution in [2.75, 3.05) is 11.9 Å². The number of anilines is 1. The Morgan fingerprint density at radius 1 is 1.38 bits per heavy atom. The molecule has 0 saturated heterocycles. The van der Waals surface area contributed by atoms with Crippen molar-refractivity contribution in [3.63, 3.8) is 0 Å². The van der Waals surface area contributed by atoms with E-state index in [2.05, 4.69) is 5.32 Å². The second-order valence-corrected chi connectivity index (χ2v) is 3.42. The molecule has 1 atom stereocenters. The summed E-state index contributed by atoms with van der Waals surface area (Å²) in [5, 5.41) is 11.5. The van der Waals surface area contributed by atoms with E-state index in [-0.39, 0.29) is 12.2 Å². The van der Waals surface area contributed by atoms with Crippen molar-refractivity contribution in [2.45, 2.75) is 19.2 Å². The Morgan fingerprint density at radius 2 is 2.00 bits per heavy atom. The fraction of sp³-hybridized carbons (Fsp3) is 0.400. The number of nitrogens with one attached hydrogen (secondary N) is 1. The minimum Gasteiger partial charge on any atom is -0.392 e. The number of alkyl halides is 3. The number of hydrogen-bond donors (Lipinski definition) is 2. The van der Waals surface area contributed by atoms with Gasteiger partial charge in [0, 0.05) is 12.2 Å². The van der Waals surface area contributed by atoms with Crippen molar-refractivity contribution < 1.29 is 22.7 Å². The van der Waals surface area contributed by atoms with Gasteiger partial charge >= 0.3 is 6.18 Å². The molecule has 1 aromatic rings. The molecule has 0 fully saturated rings. The third-order valence-electron chi connectivity index (χ3n) is 1.87. The summed E-state index contributed by atoms with van der Waals surface area (Å²) < 4.78 is 49.8. The highest BCUT2D eigenvalue weighted by Gasteiger charge is 2.34. The summed E-state index contributed by atoms with van der Waals surface area (Å²) in [6.45, 7) is 1.59. The average molecular weight is 237 g/mol. The molecule has 1 unspecified atom stereocenters. The molecule has 0 bridgehead atoms. The molecule has 1 aromatic carbocycles. The summed E-state index contributed by atoms with van der Waals surface area (Å²) in [6.07, 6.45) is -5.41. The van der Waals surface area contributed by atoms with E-state index in [1.54, 1.807) is 0 Å². The molecule has 0 aromatic heterocycles. The summed E-state index contributed by atoms with van der Waals surface area (Å²) in [5.74, 6) is -1.31. The normalized spacial score (nSPS) is 13.6. The van der Waals surface area contributed by atoms with Gasteiger partial charge in [-0.25, -0.2) is 4.39 Å². The van der Waals surface area contributed by atoms with Crippen LogP contribution < -0.4 is 5.32 Å². The van der Waals surface area contributed by atoms with E-state index in [4.69, 9.17) is 5.11 Å². The van der Waals surface area contributed by atoms with Gasteiger partial charge in [-0.05, 0) is 25.1 Å². The largest absolute Gasteiger partial charge is 0.419 e. The summed E-state index contributed by atoms with van der Waals surface area (Å²) in [6, 6.07) is 2.61. The molecule has 90 valence electrons. The summed E-state index contributed by atoms with van der Waals surface area (Å²) in [5.41, 5.74) is -1.20. The first-order valence-corrected chi connectivity index (χ1v) is 4.59. The fourth-order valence-corrected chi connectivity index (χ4v) is 1.12. The van der Waals surface area contributed by atoms with Crippen molar-refractivity contribution in [1.29, 1.82) is 0 Å². The van der Waals surface area contributed by atoms with Crippen LogP contribution in [0.5, 0.6) is 0 Å². The maximum atomic E-state index is 12.9. The molecule has 2 nitrogen and oxygen atoms in total. The van der Waals surface area contributed by atoms with Gasteiger partial charge in [0.1, 0.15) is 5.82 Å². The first-order chi connectivity index (χ1) is 7.30. The van der Waals surface area contributed by atoms with Crippen LogP contribution in [0.15, 0.2) is 18.2 Å². The second-order valence-electron chi connectivity index (χ2n) is 3.42. The van der Waals surface area contributed by atoms with Crippen LogP contribution >= 0.6 is 0 Å². The van der Waals surface area contributed by atoms with Crippen LogP contribution in [0, 0.1) is 5.82 Å². The Kier molecular flexibility index (Phi) is 3.74. The van der Waals surface area contributed by atoms with Crippen LogP contribution in [0.3, 0.4) is 0 Å². The molecule has 16 heavy (non-hydrogen) atoms. The number of hydrogen-bond acceptors (Lipinski definition) is 2. The Hall–Kier alpha value is -1.30. The Bertz CT molecular complexity index is 362. The first-order valence-electron chi connectivity index (χ1n) is 4.59. The minimum absolute atomic E-state index is 0.100. The van der Waals surface area contributed by atoms with Gasteiger partial charge in [0.25, 0.3) is 0 Å². The third kappa shape index (κ3) is 3.37. The van der Waals surface area contributed by atoms with Crippen LogP contribution in [0.2, 0.25) is 0 Å². The van der Waals surface area contributed by atoms with Crippen molar-refractivity contribution in [2.24, 2.45) is 0 Å². The fourth-order valence-electron chi connectivity index (χ4n) is 1.12. The van der Waals surface area contributed by atoms with E-state index in [1.807, 2.05) is 0 Å². The van der Waals surface area contributed by atoms with E-state index in [1.165, 1.54) is 13.0 Å². The molecule has 0 heterocycles. The van der Waals surface area contributed by atoms with Crippen molar-refractivity contribution >= 4 is 5.69 Å². The topological polar surface area (TPSA) is 32.3 Å². The predicted molar refractivity (Wildman–Crippen MR) is 51.6 cm³/mol. The van der Waals surface area contributed by atoms with E-state index in [9.17, 15) is 17.6 Å². The van der Waals surface area contributed by atoms with E-state index in [0.717, 1.165) is 6.07 Å². The molecular formula is C10H11F4NO. The number of aliphatic hydroxyl groups excluding tert-OH is 1. The molecule has 0 aliphatic heterocycles. The van der Waals surface area contributed by atoms with Gasteiger partial charge in [0.05, 0.1) is 11.7 Å². The second kappa shape index (κ2) is 4.69. The lowest BCUT2D eigenvalue weighted by Gasteiger charge is -2.12. The first kappa shape index (κ1) is 12.8. The highest BCUT2D eigenvalue weighted by atomic mass is 19.4. The standard InChI is InChI=1S/C10H11F4NO/c1-6(16)5-15-7-2-3-9(11)8(4-7)10(12,13)14/h2-4,6,15-16H,5H2,1H3. The highest BCUT2D eigenvalue weighted by Crippen LogP contribution is 2.32. The minimum atomic E-state index is -4.72. The molecule has 0 amide bonds. The molecule has 0 radical (unpaired) electrons. The van der Waals surface area contributed by atoms with Crippen LogP contribution in [0.1, 0.15) is 12.5 Å². The zero-order chi connectivity index (χ0) is 12.3. The average Bonchev–Trinajstić information content (AvgIpc) is 2.14. The van der Waals surface area contributed by atoms with E-state index >= 15 is 0 Å². The lowest BCUT2D eigenvalue weighted by molar-refractivity contribution is -0.139. The van der Waals surface area contributed by atoms with Crippen LogP contribution in [-0.4, -0.2) is 17.8 Å². The van der Waals surface area contributed by atoms with Gasteiger partial charge in [0.2, 0.25) is 0 Å². The number of benzene rings is 1. The van der Waals surface area contributed by atoms with Gasteiger partial charge in [-0.3, -0.25) is 0 Å². The van der Waals surface area contributed by atoms with Gasteiger partial charge in [-0.15, -0.1) is 0 Å². The molecule has 0 aliphatic rings. The monoisotopic (exact) mass is 237 g/mol. The number of rotatable bonds is 3. The summed E-state index contributed by atoms with van der Waals surface area (Å²) >= 11 is 0. The van der Waals surface area contributed by atoms with Gasteiger partial charge in [0.15, 0.2) is 0 Å². The highest BCUT2D eigenvalue weighted by molar-refractivity contribution is 5.47. The van der Waals surface area contributed by atoms with E-state index < -0.39 is 23.7 Å². The molecular weight excluding hydrogens is 226 g/mol. The smallest absolute Gasteiger partial charge is 0.392 e. The summed E-state index contributed by atoms with van der Waals surface area (Å²) in [4.78, 5) is 0. The quantitative estimate of drug-likeness (QED) is 0.792. The van der Waals surface area contributed by atoms with Crippen LogP contribution in [0.25, 0.3) is 0 Å². The molecule has 0 aliphatic carbocycles. The Balaban J connectivity index is 2.90. The lowest BCUT2D eigenvalue weighted by atomic mass is 10.2. The predicted octanol–water partition coefficient (Wildman–Crippen LogP) is 2.64. The van der Waals surface area contributed by atoms with Crippen molar-refractivity contribution in [3.05, 3.63) is 29.6 Å². The maximum absolute atomic E-state index is 12.9. The molecule has 2 N–H and O–H groups in total. The van der Waals surface area contributed by atoms with Crippen LogP contribution in [0.4, 0.5) is 23.2 Å². The van der Waals surface area contributed by atoms with Gasteiger partial charge < -0.3 is 10.4 Å². The number of aliphatic hydroxyl groups is 1. The third-order valence-corrected chi connectivity index (χ3v) is 1.87. The van der Waals surface area contributed by atoms with Crippen molar-refractivity contribution in [1.82, 2.24) is 0 Å². The Labute approximate surface area is 89.9 Å². The lowest BCUT2D eigenvalue weighted by Crippen LogP contribution is -2.16. The zero-order valence-electron chi connectivity index (χ0n) is 8.48. The SMILES string of the molecule is CC(O)CNc1ccc(F)c(C(F)(F)F)c1. The maximum Gasteiger partial charge on any atom is 0.419 e. The number of halogens is 4. The zero-order valence-corrected chi connectivity index (χ0v) is 8.48. The Morgan fingerprint density at radius 3 is 2.50 bits per heavy atom. The summed E-state index contributed by atoms with van der Waals surface area (Å²) in [7, 11) is 0. The van der Waals surface area contributed by atoms with Crippen molar-refractivity contribution in [3.8, 4) is 0 Å². The van der Waals surface area contributed by atoms with Gasteiger partial charge in [-0.1, -0.05) is 0 Å². The van der Waals surface area contributed by atoms with Gasteiger partial charge in [-0.2, -0.15) is 13.2 Å². The molecule has 1 rings (SSSR count). The van der Waals surface area contributed by atoms with Crippen LogP contribution in [-0.2, 0) is 6.18 Å². The van der Waals surface area contributed by atoms with E-state index in [0.29, 0.717) is 6.07 Å². The molecule has 0 spiro atoms. The molecule has 0 saturated carbocycles. The molecule has 6 heteroatoms.